The Morgan fingerprint density at radius 3 is 2.71 bits per heavy atom. The first kappa shape index (κ1) is 20.6. The number of carboxylic acids is 1. The molecule has 1 atom stereocenters. The number of aliphatic carboxylic acids is 1. The number of thiophene rings is 1. The van der Waals surface area contributed by atoms with Gasteiger partial charge in [-0.1, -0.05) is 23.4 Å². The number of Topliss-reactive ketones (excluding diaryl/α,β-unsaturated/α-hetero) is 1. The molecule has 0 aliphatic heterocycles. The summed E-state index contributed by atoms with van der Waals surface area (Å²) < 4.78 is 5.27. The summed E-state index contributed by atoms with van der Waals surface area (Å²) in [7, 11) is 1.53. The Balaban J connectivity index is 1.85. The zero-order valence-corrected chi connectivity index (χ0v) is 17.7. The van der Waals surface area contributed by atoms with Crippen LogP contribution in [0.15, 0.2) is 29.3 Å². The Morgan fingerprint density at radius 1 is 1.29 bits per heavy atom. The fourth-order valence-corrected chi connectivity index (χ4v) is 5.00. The first-order valence-corrected chi connectivity index (χ1v) is 10.5. The molecule has 2 heterocycles. The maximum absolute atomic E-state index is 12.6. The van der Waals surface area contributed by atoms with Gasteiger partial charge in [-0.3, -0.25) is 9.59 Å². The van der Waals surface area contributed by atoms with Crippen molar-refractivity contribution in [3.8, 4) is 5.75 Å². The smallest absolute Gasteiger partial charge is 0.311 e. The molecule has 0 aliphatic carbocycles. The van der Waals surface area contributed by atoms with Crippen molar-refractivity contribution in [3.05, 3.63) is 44.9 Å². The van der Waals surface area contributed by atoms with Crippen molar-refractivity contribution in [2.24, 2.45) is 0 Å². The molecule has 0 bridgehead atoms. The third-order valence-electron chi connectivity index (χ3n) is 4.10. The van der Waals surface area contributed by atoms with Crippen molar-refractivity contribution >= 4 is 57.4 Å². The van der Waals surface area contributed by atoms with Crippen molar-refractivity contribution in [3.63, 3.8) is 0 Å². The SMILES string of the molecule is COc1ccc2nc(C)nc(SCC(=O)c3ccc(C(C)C(=O)O)s3)c2c1Cl. The van der Waals surface area contributed by atoms with Crippen molar-refractivity contribution in [2.75, 3.05) is 12.9 Å². The predicted molar refractivity (Wildman–Crippen MR) is 111 cm³/mol. The molecule has 0 saturated carbocycles. The molecular formula is C19H17ClN2O4S2. The molecule has 3 aromatic rings. The lowest BCUT2D eigenvalue weighted by atomic mass is 10.1. The molecule has 3 rings (SSSR count). The van der Waals surface area contributed by atoms with Crippen molar-refractivity contribution in [1.82, 2.24) is 9.97 Å². The van der Waals surface area contributed by atoms with Crippen LogP contribution in [0.25, 0.3) is 10.9 Å². The maximum Gasteiger partial charge on any atom is 0.311 e. The van der Waals surface area contributed by atoms with E-state index < -0.39 is 11.9 Å². The average Bonchev–Trinajstić information content (AvgIpc) is 3.15. The number of fused-ring (bicyclic) bond motifs is 1. The summed E-state index contributed by atoms with van der Waals surface area (Å²) in [6, 6.07) is 6.90. The molecule has 0 fully saturated rings. The number of ketones is 1. The third kappa shape index (κ3) is 4.14. The van der Waals surface area contributed by atoms with Crippen LogP contribution in [-0.2, 0) is 4.79 Å². The monoisotopic (exact) mass is 436 g/mol. The van der Waals surface area contributed by atoms with Gasteiger partial charge in [-0.2, -0.15) is 0 Å². The van der Waals surface area contributed by atoms with Crippen LogP contribution in [0.4, 0.5) is 0 Å². The van der Waals surface area contributed by atoms with E-state index in [1.54, 1.807) is 38.1 Å². The minimum atomic E-state index is -0.915. The van der Waals surface area contributed by atoms with Gasteiger partial charge in [-0.15, -0.1) is 11.3 Å². The van der Waals surface area contributed by atoms with Gasteiger partial charge in [-0.25, -0.2) is 9.97 Å². The van der Waals surface area contributed by atoms with Crippen LogP contribution in [-0.4, -0.2) is 39.7 Å². The molecular weight excluding hydrogens is 420 g/mol. The number of rotatable bonds is 7. The highest BCUT2D eigenvalue weighted by atomic mass is 35.5. The van der Waals surface area contributed by atoms with Gasteiger partial charge < -0.3 is 9.84 Å². The second-order valence-electron chi connectivity index (χ2n) is 6.03. The van der Waals surface area contributed by atoms with Gasteiger partial charge in [0.2, 0.25) is 0 Å². The molecule has 1 unspecified atom stereocenters. The summed E-state index contributed by atoms with van der Waals surface area (Å²) in [5.74, 6) is -0.402. The summed E-state index contributed by atoms with van der Waals surface area (Å²) in [6.45, 7) is 3.38. The molecule has 28 heavy (non-hydrogen) atoms. The quantitative estimate of drug-likeness (QED) is 0.322. The van der Waals surface area contributed by atoms with E-state index in [9.17, 15) is 9.59 Å². The van der Waals surface area contributed by atoms with Crippen LogP contribution in [0.2, 0.25) is 5.02 Å². The Morgan fingerprint density at radius 2 is 2.04 bits per heavy atom. The standard InChI is InChI=1S/C19H17ClN2O4S2/c1-9(19(24)25)14-6-7-15(28-14)12(23)8-27-18-16-11(21-10(2)22-18)4-5-13(26-3)17(16)20/h4-7,9H,8H2,1-3H3,(H,24,25). The fourth-order valence-electron chi connectivity index (χ4n) is 2.57. The van der Waals surface area contributed by atoms with Crippen molar-refractivity contribution in [1.29, 1.82) is 0 Å². The van der Waals surface area contributed by atoms with E-state index >= 15 is 0 Å². The van der Waals surface area contributed by atoms with E-state index in [4.69, 9.17) is 21.4 Å². The Bertz CT molecular complexity index is 1070. The van der Waals surface area contributed by atoms with Gasteiger partial charge >= 0.3 is 5.97 Å². The summed E-state index contributed by atoms with van der Waals surface area (Å²) in [5.41, 5.74) is 0.682. The van der Waals surface area contributed by atoms with E-state index in [1.807, 2.05) is 0 Å². The number of halogens is 1. The summed E-state index contributed by atoms with van der Waals surface area (Å²) in [5, 5.41) is 10.8. The molecule has 1 aromatic carbocycles. The molecule has 146 valence electrons. The first-order chi connectivity index (χ1) is 13.3. The number of ether oxygens (including phenoxy) is 1. The number of nitrogens with zero attached hydrogens (tertiary/aromatic N) is 2. The molecule has 9 heteroatoms. The number of carbonyl (C=O) groups excluding carboxylic acids is 1. The predicted octanol–water partition coefficient (Wildman–Crippen LogP) is 4.82. The number of carboxylic acid groups (broad SMARTS) is 1. The largest absolute Gasteiger partial charge is 0.495 e. The molecule has 0 radical (unpaired) electrons. The Labute approximate surface area is 174 Å². The number of hydrogen-bond donors (Lipinski definition) is 1. The first-order valence-electron chi connectivity index (χ1n) is 8.31. The Kier molecular flexibility index (Phi) is 6.22. The number of carbonyl (C=O) groups is 2. The number of aryl methyl sites for hydroxylation is 1. The van der Waals surface area contributed by atoms with E-state index in [-0.39, 0.29) is 11.5 Å². The zero-order chi connectivity index (χ0) is 20.4. The maximum atomic E-state index is 12.6. The van der Waals surface area contributed by atoms with Crippen molar-refractivity contribution in [2.45, 2.75) is 24.8 Å². The number of methoxy groups -OCH3 is 1. The highest BCUT2D eigenvalue weighted by molar-refractivity contribution is 8.00. The van der Waals surface area contributed by atoms with E-state index in [0.29, 0.717) is 42.3 Å². The molecule has 2 aromatic heterocycles. The number of thioether (sulfide) groups is 1. The minimum Gasteiger partial charge on any atom is -0.495 e. The van der Waals surface area contributed by atoms with E-state index in [2.05, 4.69) is 9.97 Å². The molecule has 0 saturated heterocycles. The summed E-state index contributed by atoms with van der Waals surface area (Å²) in [4.78, 5) is 33.7. The number of aromatic nitrogens is 2. The normalized spacial score (nSPS) is 12.1. The topological polar surface area (TPSA) is 89.4 Å². The van der Waals surface area contributed by atoms with Crippen LogP contribution >= 0.6 is 34.7 Å². The second kappa shape index (κ2) is 8.46. The van der Waals surface area contributed by atoms with Gasteiger partial charge in [0.1, 0.15) is 16.6 Å². The molecule has 6 nitrogen and oxygen atoms in total. The summed E-state index contributed by atoms with van der Waals surface area (Å²) in [6.07, 6.45) is 0. The minimum absolute atomic E-state index is 0.0951. The van der Waals surface area contributed by atoms with Gasteiger partial charge in [0.25, 0.3) is 0 Å². The number of benzene rings is 1. The fraction of sp³-hybridized carbons (Fsp3) is 0.263. The molecule has 1 N–H and O–H groups in total. The lowest BCUT2D eigenvalue weighted by Gasteiger charge is -2.10. The molecule has 0 spiro atoms. The van der Waals surface area contributed by atoms with Crippen LogP contribution in [0.1, 0.15) is 33.2 Å². The van der Waals surface area contributed by atoms with Crippen LogP contribution in [0, 0.1) is 6.92 Å². The molecule has 0 aliphatic rings. The van der Waals surface area contributed by atoms with Crippen LogP contribution in [0.5, 0.6) is 5.75 Å². The molecule has 0 amide bonds. The van der Waals surface area contributed by atoms with Crippen LogP contribution in [0.3, 0.4) is 0 Å². The van der Waals surface area contributed by atoms with Gasteiger partial charge in [0, 0.05) is 4.88 Å². The average molecular weight is 437 g/mol. The van der Waals surface area contributed by atoms with E-state index in [1.165, 1.54) is 30.2 Å². The van der Waals surface area contributed by atoms with Crippen LogP contribution < -0.4 is 4.74 Å². The van der Waals surface area contributed by atoms with E-state index in [0.717, 1.165) is 0 Å². The lowest BCUT2D eigenvalue weighted by Crippen LogP contribution is -2.05. The highest BCUT2D eigenvalue weighted by Gasteiger charge is 2.20. The van der Waals surface area contributed by atoms with Gasteiger partial charge in [0.05, 0.1) is 39.6 Å². The number of hydrogen-bond acceptors (Lipinski definition) is 7. The third-order valence-corrected chi connectivity index (χ3v) is 6.76. The van der Waals surface area contributed by atoms with Crippen molar-refractivity contribution < 1.29 is 19.4 Å². The van der Waals surface area contributed by atoms with Gasteiger partial charge in [-0.05, 0) is 38.1 Å². The Hall–Kier alpha value is -2.16. The second-order valence-corrected chi connectivity index (χ2v) is 8.48. The highest BCUT2D eigenvalue weighted by Crippen LogP contribution is 2.37. The zero-order valence-electron chi connectivity index (χ0n) is 15.4. The lowest BCUT2D eigenvalue weighted by molar-refractivity contribution is -0.138. The summed E-state index contributed by atoms with van der Waals surface area (Å²) >= 11 is 8.92. The van der Waals surface area contributed by atoms with Gasteiger partial charge in [0.15, 0.2) is 5.78 Å².